The lowest BCUT2D eigenvalue weighted by Gasteiger charge is -2.18. The summed E-state index contributed by atoms with van der Waals surface area (Å²) >= 11 is 12.3. The molecule has 4 aromatic rings. The van der Waals surface area contributed by atoms with Crippen LogP contribution < -0.4 is 10.6 Å². The maximum Gasteiger partial charge on any atom is 0.253 e. The van der Waals surface area contributed by atoms with E-state index in [2.05, 4.69) is 15.6 Å². The van der Waals surface area contributed by atoms with Gasteiger partial charge in [0.15, 0.2) is 5.78 Å². The summed E-state index contributed by atoms with van der Waals surface area (Å²) in [6.07, 6.45) is 2.31. The first-order valence-electron chi connectivity index (χ1n) is 10.6. The van der Waals surface area contributed by atoms with E-state index in [0.29, 0.717) is 45.0 Å². The highest BCUT2D eigenvalue weighted by atomic mass is 35.5. The molecule has 5 nitrogen and oxygen atoms in total. The van der Waals surface area contributed by atoms with E-state index in [-0.39, 0.29) is 11.7 Å². The van der Waals surface area contributed by atoms with Crippen molar-refractivity contribution in [2.45, 2.75) is 12.5 Å². The number of benzene rings is 3. The molecule has 0 bridgehead atoms. The number of carbonyl (C=O) groups excluding carboxylic acids is 2. The number of aromatic amines is 1. The number of nitrogens with one attached hydrogen (secondary N) is 3. The van der Waals surface area contributed by atoms with E-state index in [0.717, 1.165) is 11.1 Å². The monoisotopic (exact) mass is 479 g/mol. The number of hydrogen-bond acceptors (Lipinski definition) is 3. The van der Waals surface area contributed by atoms with Crippen molar-refractivity contribution in [3.63, 3.8) is 0 Å². The Labute approximate surface area is 202 Å². The van der Waals surface area contributed by atoms with Gasteiger partial charge >= 0.3 is 0 Å². The normalized spacial score (nSPS) is 12.0. The van der Waals surface area contributed by atoms with Gasteiger partial charge in [0.25, 0.3) is 5.91 Å². The molecule has 0 saturated heterocycles. The van der Waals surface area contributed by atoms with Crippen LogP contribution in [0.4, 0.5) is 0 Å². The van der Waals surface area contributed by atoms with Gasteiger partial charge < -0.3 is 15.6 Å². The molecule has 3 aromatic carbocycles. The minimum absolute atomic E-state index is 0.0799. The Kier molecular flexibility index (Phi) is 7.14. The molecule has 0 aliphatic heterocycles. The summed E-state index contributed by atoms with van der Waals surface area (Å²) < 4.78 is 0. The molecule has 0 saturated carbocycles. The van der Waals surface area contributed by atoms with Crippen LogP contribution in [0.5, 0.6) is 0 Å². The highest BCUT2D eigenvalue weighted by molar-refractivity contribution is 6.35. The first-order valence-corrected chi connectivity index (χ1v) is 11.3. The predicted octanol–water partition coefficient (Wildman–Crippen LogP) is 5.59. The van der Waals surface area contributed by atoms with Crippen molar-refractivity contribution in [3.8, 4) is 0 Å². The number of halogens is 2. The third-order valence-corrected chi connectivity index (χ3v) is 6.19. The molecular formula is C26H23Cl2N3O2. The van der Waals surface area contributed by atoms with Gasteiger partial charge in [-0.05, 0) is 35.7 Å². The Morgan fingerprint density at radius 1 is 0.970 bits per heavy atom. The van der Waals surface area contributed by atoms with E-state index >= 15 is 0 Å². The molecule has 0 unspecified atom stereocenters. The topological polar surface area (TPSA) is 74.0 Å². The van der Waals surface area contributed by atoms with Gasteiger partial charge in [0.2, 0.25) is 0 Å². The molecule has 0 fully saturated rings. The molecular weight excluding hydrogens is 457 g/mol. The average molecular weight is 480 g/mol. The summed E-state index contributed by atoms with van der Waals surface area (Å²) in [4.78, 5) is 29.1. The summed E-state index contributed by atoms with van der Waals surface area (Å²) in [5, 5.41) is 7.93. The lowest BCUT2D eigenvalue weighted by molar-refractivity contribution is 0.0941. The number of rotatable bonds is 8. The number of H-pyrrole nitrogens is 1. The van der Waals surface area contributed by atoms with Gasteiger partial charge in [-0.1, -0.05) is 71.7 Å². The zero-order valence-corrected chi connectivity index (χ0v) is 19.5. The number of hydrogen-bond donors (Lipinski definition) is 3. The van der Waals surface area contributed by atoms with E-state index in [1.165, 1.54) is 0 Å². The van der Waals surface area contributed by atoms with Crippen molar-refractivity contribution in [1.82, 2.24) is 15.6 Å². The van der Waals surface area contributed by atoms with Crippen LogP contribution in [0, 0.1) is 0 Å². The standard InChI is InChI=1S/C26H23Cl2N3O2/c1-29-26(33)20-9-5-8-19-21(15-31-24(19)20)25(32)23(17-6-3-2-4-7-17)30-13-12-16-10-11-18(27)14-22(16)28/h2-11,14-15,23,30-31H,12-13H2,1H3,(H,29,33)/t23-/m0/s1. The van der Waals surface area contributed by atoms with E-state index in [9.17, 15) is 9.59 Å². The zero-order chi connectivity index (χ0) is 23.4. The molecule has 1 atom stereocenters. The SMILES string of the molecule is CNC(=O)c1cccc2c(C(=O)[C@@H](NCCc3ccc(Cl)cc3Cl)c3ccccc3)c[nH]c12. The fourth-order valence-corrected chi connectivity index (χ4v) is 4.42. The minimum atomic E-state index is -0.556. The van der Waals surface area contributed by atoms with Crippen LogP contribution in [0.1, 0.15) is 37.9 Å². The quantitative estimate of drug-likeness (QED) is 0.288. The molecule has 1 amide bonds. The van der Waals surface area contributed by atoms with Crippen molar-refractivity contribution in [2.75, 3.05) is 13.6 Å². The number of amides is 1. The van der Waals surface area contributed by atoms with E-state index in [4.69, 9.17) is 23.2 Å². The van der Waals surface area contributed by atoms with E-state index < -0.39 is 6.04 Å². The Morgan fingerprint density at radius 3 is 2.48 bits per heavy atom. The summed E-state index contributed by atoms with van der Waals surface area (Å²) in [6.45, 7) is 0.540. The second-order valence-electron chi connectivity index (χ2n) is 7.66. The maximum absolute atomic E-state index is 13.7. The van der Waals surface area contributed by atoms with E-state index in [1.807, 2.05) is 42.5 Å². The van der Waals surface area contributed by atoms with Gasteiger partial charge in [-0.25, -0.2) is 0 Å². The fraction of sp³-hybridized carbons (Fsp3) is 0.154. The van der Waals surface area contributed by atoms with Crippen LogP contribution in [-0.2, 0) is 6.42 Å². The second kappa shape index (κ2) is 10.2. The van der Waals surface area contributed by atoms with Gasteiger partial charge in [-0.2, -0.15) is 0 Å². The first-order chi connectivity index (χ1) is 16.0. The Morgan fingerprint density at radius 2 is 1.76 bits per heavy atom. The smallest absolute Gasteiger partial charge is 0.253 e. The number of ketones is 1. The molecule has 1 heterocycles. The van der Waals surface area contributed by atoms with Gasteiger partial charge in [0.1, 0.15) is 0 Å². The van der Waals surface area contributed by atoms with Crippen LogP contribution in [-0.4, -0.2) is 30.3 Å². The van der Waals surface area contributed by atoms with Crippen LogP contribution in [0.25, 0.3) is 10.9 Å². The summed E-state index contributed by atoms with van der Waals surface area (Å²) in [6, 6.07) is 19.8. The third kappa shape index (κ3) is 4.96. The highest BCUT2D eigenvalue weighted by Gasteiger charge is 2.25. The summed E-state index contributed by atoms with van der Waals surface area (Å²) in [7, 11) is 1.58. The third-order valence-electron chi connectivity index (χ3n) is 5.61. The van der Waals surface area contributed by atoms with Crippen LogP contribution in [0.3, 0.4) is 0 Å². The number of Topliss-reactive ketones (excluding diaryl/α,β-unsaturated/α-hetero) is 1. The molecule has 3 N–H and O–H groups in total. The molecule has 0 aliphatic carbocycles. The minimum Gasteiger partial charge on any atom is -0.360 e. The van der Waals surface area contributed by atoms with Crippen molar-refractivity contribution < 1.29 is 9.59 Å². The molecule has 7 heteroatoms. The number of aromatic nitrogens is 1. The second-order valence-corrected chi connectivity index (χ2v) is 8.50. The van der Waals surface area contributed by atoms with Gasteiger partial charge in [-0.15, -0.1) is 0 Å². The fourth-order valence-electron chi connectivity index (χ4n) is 3.92. The lowest BCUT2D eigenvalue weighted by atomic mass is 9.96. The molecule has 0 radical (unpaired) electrons. The van der Waals surface area contributed by atoms with Crippen molar-refractivity contribution >= 4 is 45.8 Å². The highest BCUT2D eigenvalue weighted by Crippen LogP contribution is 2.27. The van der Waals surface area contributed by atoms with Crippen LogP contribution >= 0.6 is 23.2 Å². The van der Waals surface area contributed by atoms with Crippen molar-refractivity contribution in [1.29, 1.82) is 0 Å². The summed E-state index contributed by atoms with van der Waals surface area (Å²) in [5.74, 6) is -0.289. The first kappa shape index (κ1) is 23.1. The average Bonchev–Trinajstić information content (AvgIpc) is 3.27. The number of para-hydroxylation sites is 1. The van der Waals surface area contributed by atoms with Gasteiger partial charge in [-0.3, -0.25) is 9.59 Å². The van der Waals surface area contributed by atoms with Crippen LogP contribution in [0.15, 0.2) is 72.9 Å². The van der Waals surface area contributed by atoms with Crippen LogP contribution in [0.2, 0.25) is 10.0 Å². The Balaban J connectivity index is 1.62. The predicted molar refractivity (Wildman–Crippen MR) is 133 cm³/mol. The van der Waals surface area contributed by atoms with E-state index in [1.54, 1.807) is 37.5 Å². The van der Waals surface area contributed by atoms with Gasteiger partial charge in [0, 0.05) is 40.8 Å². The Hall–Kier alpha value is -3.12. The Bertz CT molecular complexity index is 1300. The molecule has 33 heavy (non-hydrogen) atoms. The number of fused-ring (bicyclic) bond motifs is 1. The molecule has 1 aromatic heterocycles. The molecule has 168 valence electrons. The molecule has 0 aliphatic rings. The van der Waals surface area contributed by atoms with Crippen molar-refractivity contribution in [2.24, 2.45) is 0 Å². The number of carbonyl (C=O) groups is 2. The maximum atomic E-state index is 13.7. The largest absolute Gasteiger partial charge is 0.360 e. The summed E-state index contributed by atoms with van der Waals surface area (Å²) in [5.41, 5.74) is 3.48. The van der Waals surface area contributed by atoms with Gasteiger partial charge in [0.05, 0.1) is 17.1 Å². The molecule has 0 spiro atoms. The van der Waals surface area contributed by atoms with Crippen molar-refractivity contribution in [3.05, 3.63) is 105 Å². The zero-order valence-electron chi connectivity index (χ0n) is 18.0. The lowest BCUT2D eigenvalue weighted by Crippen LogP contribution is -2.30. The molecule has 4 rings (SSSR count).